The van der Waals surface area contributed by atoms with Crippen LogP contribution in [0.1, 0.15) is 5.56 Å². The van der Waals surface area contributed by atoms with Gasteiger partial charge in [0.25, 0.3) is 5.91 Å². The number of ether oxygens (including phenoxy) is 1. The molecule has 0 spiro atoms. The summed E-state index contributed by atoms with van der Waals surface area (Å²) in [7, 11) is 1.21. The fourth-order valence-corrected chi connectivity index (χ4v) is 2.54. The number of nitrogens with one attached hydrogen (secondary N) is 1. The number of fused-ring (bicyclic) bond motifs is 1. The maximum absolute atomic E-state index is 12.4. The van der Waals surface area contributed by atoms with Gasteiger partial charge >= 0.3 is 5.97 Å². The monoisotopic (exact) mass is 287 g/mol. The maximum atomic E-state index is 12.4. The summed E-state index contributed by atoms with van der Waals surface area (Å²) in [5.41, 5.74) is 3.35. The Morgan fingerprint density at radius 1 is 1.29 bits per heavy atom. The summed E-state index contributed by atoms with van der Waals surface area (Å²) in [6.45, 7) is 0.182. The third kappa shape index (κ3) is 2.06. The zero-order valence-corrected chi connectivity index (χ0v) is 11.3. The number of carbonyl (C=O) groups excluding carboxylic acids is 3. The lowest BCUT2D eigenvalue weighted by Gasteiger charge is -2.15. The molecule has 1 aromatic rings. The van der Waals surface area contributed by atoms with E-state index in [1.54, 1.807) is 0 Å². The third-order valence-corrected chi connectivity index (χ3v) is 3.59. The molecule has 0 bridgehead atoms. The Morgan fingerprint density at radius 2 is 2.00 bits per heavy atom. The molecule has 7 heteroatoms. The van der Waals surface area contributed by atoms with Crippen LogP contribution in [0, 0.1) is 5.92 Å². The Morgan fingerprint density at radius 3 is 2.67 bits per heavy atom. The van der Waals surface area contributed by atoms with Crippen LogP contribution in [0.25, 0.3) is 0 Å². The van der Waals surface area contributed by atoms with Crippen LogP contribution in [-0.2, 0) is 25.7 Å². The summed E-state index contributed by atoms with van der Waals surface area (Å²) in [5.74, 6) is -2.40. The summed E-state index contributed by atoms with van der Waals surface area (Å²) in [4.78, 5) is 37.4. The number of hydrogen-bond acceptors (Lipinski definition) is 6. The van der Waals surface area contributed by atoms with E-state index >= 15 is 0 Å². The average Bonchev–Trinajstić information content (AvgIpc) is 3.04. The molecule has 2 aliphatic rings. The number of carbonyl (C=O) groups is 3. The topological polar surface area (TPSA) is 88.1 Å². The number of benzene rings is 1. The Kier molecular flexibility index (Phi) is 3.17. The molecule has 2 aliphatic heterocycles. The molecule has 0 aromatic heterocycles. The van der Waals surface area contributed by atoms with Crippen LogP contribution >= 0.6 is 0 Å². The van der Waals surface area contributed by atoms with Crippen LogP contribution in [0.4, 0.5) is 0 Å². The molecule has 1 fully saturated rings. The van der Waals surface area contributed by atoms with E-state index in [9.17, 15) is 14.4 Å². The third-order valence-electron chi connectivity index (χ3n) is 3.59. The number of imide groups is 1. The van der Waals surface area contributed by atoms with Crippen molar-refractivity contribution in [3.8, 4) is 0 Å². The van der Waals surface area contributed by atoms with Crippen molar-refractivity contribution >= 4 is 23.5 Å². The highest BCUT2D eigenvalue weighted by Crippen LogP contribution is 2.27. The minimum atomic E-state index is -0.895. The SMILES string of the molecule is COC(=O)C1=NN[C@H]2C(=O)N(Cc3ccccc3)C(=O)[C@H]12. The molecule has 1 saturated heterocycles. The van der Waals surface area contributed by atoms with Crippen LogP contribution in [0.5, 0.6) is 0 Å². The lowest BCUT2D eigenvalue weighted by atomic mass is 9.99. The first kappa shape index (κ1) is 13.3. The van der Waals surface area contributed by atoms with E-state index in [0.717, 1.165) is 10.5 Å². The van der Waals surface area contributed by atoms with Gasteiger partial charge in [-0.25, -0.2) is 4.79 Å². The van der Waals surface area contributed by atoms with Crippen LogP contribution in [-0.4, -0.2) is 41.5 Å². The summed E-state index contributed by atoms with van der Waals surface area (Å²) in [5, 5.41) is 3.76. The predicted molar refractivity (Wildman–Crippen MR) is 71.9 cm³/mol. The number of esters is 1. The van der Waals surface area contributed by atoms with Gasteiger partial charge in [-0.15, -0.1) is 0 Å². The van der Waals surface area contributed by atoms with Gasteiger partial charge in [0.1, 0.15) is 12.0 Å². The number of hydrogen-bond donors (Lipinski definition) is 1. The van der Waals surface area contributed by atoms with Crippen molar-refractivity contribution < 1.29 is 19.1 Å². The van der Waals surface area contributed by atoms with Crippen LogP contribution in [0.3, 0.4) is 0 Å². The Hall–Kier alpha value is -2.70. The van der Waals surface area contributed by atoms with Crippen molar-refractivity contribution in [2.75, 3.05) is 7.11 Å². The smallest absolute Gasteiger partial charge is 0.355 e. The van der Waals surface area contributed by atoms with Crippen molar-refractivity contribution in [3.05, 3.63) is 35.9 Å². The van der Waals surface area contributed by atoms with Crippen molar-refractivity contribution in [3.63, 3.8) is 0 Å². The summed E-state index contributed by atoms with van der Waals surface area (Å²) in [6.07, 6.45) is 0. The largest absolute Gasteiger partial charge is 0.464 e. The molecular weight excluding hydrogens is 274 g/mol. The molecule has 0 aliphatic carbocycles. The van der Waals surface area contributed by atoms with Gasteiger partial charge in [0.05, 0.1) is 13.7 Å². The number of likely N-dealkylation sites (tertiary alicyclic amines) is 1. The fourth-order valence-electron chi connectivity index (χ4n) is 2.54. The van der Waals surface area contributed by atoms with E-state index < -0.39 is 23.8 Å². The summed E-state index contributed by atoms with van der Waals surface area (Å²) >= 11 is 0. The molecule has 1 aromatic carbocycles. The molecule has 2 heterocycles. The first-order valence-electron chi connectivity index (χ1n) is 6.44. The zero-order chi connectivity index (χ0) is 15.0. The number of amides is 2. The molecule has 2 atom stereocenters. The van der Waals surface area contributed by atoms with Gasteiger partial charge in [-0.1, -0.05) is 30.3 Å². The van der Waals surface area contributed by atoms with Gasteiger partial charge < -0.3 is 4.74 Å². The van der Waals surface area contributed by atoms with Crippen molar-refractivity contribution in [2.45, 2.75) is 12.6 Å². The summed E-state index contributed by atoms with van der Waals surface area (Å²) < 4.78 is 4.59. The normalized spacial score (nSPS) is 23.7. The molecule has 0 radical (unpaired) electrons. The van der Waals surface area contributed by atoms with E-state index in [4.69, 9.17) is 0 Å². The van der Waals surface area contributed by atoms with Crippen LogP contribution in [0.15, 0.2) is 35.4 Å². The lowest BCUT2D eigenvalue weighted by molar-refractivity contribution is -0.141. The van der Waals surface area contributed by atoms with Gasteiger partial charge in [0.15, 0.2) is 5.71 Å². The first-order valence-corrected chi connectivity index (χ1v) is 6.44. The van der Waals surface area contributed by atoms with E-state index in [2.05, 4.69) is 15.3 Å². The van der Waals surface area contributed by atoms with Crippen LogP contribution in [0.2, 0.25) is 0 Å². The van der Waals surface area contributed by atoms with Crippen molar-refractivity contribution in [1.82, 2.24) is 10.3 Å². The minimum Gasteiger partial charge on any atom is -0.464 e. The molecule has 7 nitrogen and oxygen atoms in total. The Balaban J connectivity index is 1.84. The highest BCUT2D eigenvalue weighted by Gasteiger charge is 2.55. The fraction of sp³-hybridized carbons (Fsp3) is 0.286. The quantitative estimate of drug-likeness (QED) is 0.607. The molecular formula is C14H13N3O4. The molecule has 1 N–H and O–H groups in total. The second-order valence-corrected chi connectivity index (χ2v) is 4.82. The molecule has 0 saturated carbocycles. The first-order chi connectivity index (χ1) is 10.1. The number of hydrazone groups is 1. The highest BCUT2D eigenvalue weighted by molar-refractivity contribution is 6.43. The van der Waals surface area contributed by atoms with E-state index in [1.165, 1.54) is 7.11 Å². The maximum Gasteiger partial charge on any atom is 0.355 e. The second-order valence-electron chi connectivity index (χ2n) is 4.82. The Bertz CT molecular complexity index is 641. The van der Waals surface area contributed by atoms with Gasteiger partial charge in [-0.3, -0.25) is 19.9 Å². The van der Waals surface area contributed by atoms with E-state index in [0.29, 0.717) is 0 Å². The predicted octanol–water partition coefficient (Wildman–Crippen LogP) is -0.328. The molecule has 21 heavy (non-hydrogen) atoms. The van der Waals surface area contributed by atoms with Crippen molar-refractivity contribution in [1.29, 1.82) is 0 Å². The highest BCUT2D eigenvalue weighted by atomic mass is 16.5. The molecule has 2 amide bonds. The number of methoxy groups -OCH3 is 1. The van der Waals surface area contributed by atoms with Gasteiger partial charge in [0.2, 0.25) is 5.91 Å². The average molecular weight is 287 g/mol. The Labute approximate surface area is 120 Å². The lowest BCUT2D eigenvalue weighted by Crippen LogP contribution is -2.35. The van der Waals surface area contributed by atoms with E-state index in [-0.39, 0.29) is 18.2 Å². The zero-order valence-electron chi connectivity index (χ0n) is 11.3. The standard InChI is InChI=1S/C14H13N3O4/c1-21-14(20)11-9-10(15-16-11)13(19)17(12(9)18)7-8-5-3-2-4-6-8/h2-6,9-10,15H,7H2,1H3/t9-,10+/m0/s1. The van der Waals surface area contributed by atoms with E-state index in [1.807, 2.05) is 30.3 Å². The summed E-state index contributed by atoms with van der Waals surface area (Å²) in [6, 6.07) is 8.38. The van der Waals surface area contributed by atoms with Crippen molar-refractivity contribution in [2.24, 2.45) is 11.0 Å². The second kappa shape index (κ2) is 5.01. The minimum absolute atomic E-state index is 0.0450. The molecule has 0 unspecified atom stereocenters. The number of rotatable bonds is 3. The molecule has 3 rings (SSSR count). The van der Waals surface area contributed by atoms with Crippen LogP contribution < -0.4 is 5.43 Å². The van der Waals surface area contributed by atoms with Gasteiger partial charge in [-0.05, 0) is 5.56 Å². The van der Waals surface area contributed by atoms with Gasteiger partial charge in [0, 0.05) is 0 Å². The number of nitrogens with zero attached hydrogens (tertiary/aromatic N) is 2. The molecule has 108 valence electrons. The van der Waals surface area contributed by atoms with Gasteiger partial charge in [-0.2, -0.15) is 5.10 Å².